The van der Waals surface area contributed by atoms with E-state index in [9.17, 15) is 4.39 Å². The Morgan fingerprint density at radius 1 is 1.16 bits per heavy atom. The third kappa shape index (κ3) is 4.51. The second kappa shape index (κ2) is 8.73. The Morgan fingerprint density at radius 2 is 1.94 bits per heavy atom. The molecule has 1 aliphatic heterocycles. The first-order valence-electron chi connectivity index (χ1n) is 10.1. The molecule has 7 heteroatoms. The molecule has 31 heavy (non-hydrogen) atoms. The molecule has 160 valence electrons. The summed E-state index contributed by atoms with van der Waals surface area (Å²) in [4.78, 5) is 9.08. The van der Waals surface area contributed by atoms with Crippen LogP contribution in [0.5, 0.6) is 5.75 Å². The lowest BCUT2D eigenvalue weighted by molar-refractivity contribution is 0.326. The zero-order valence-corrected chi connectivity index (χ0v) is 18.1. The minimum Gasteiger partial charge on any atom is -0.495 e. The number of halogens is 1. The number of aromatic nitrogens is 2. The van der Waals surface area contributed by atoms with E-state index in [4.69, 9.17) is 9.73 Å². The van der Waals surface area contributed by atoms with Crippen molar-refractivity contribution in [3.63, 3.8) is 0 Å². The maximum absolute atomic E-state index is 13.2. The number of hydrogen-bond acceptors (Lipinski definition) is 5. The van der Waals surface area contributed by atoms with Crippen LogP contribution in [-0.4, -0.2) is 40.7 Å². The summed E-state index contributed by atoms with van der Waals surface area (Å²) in [6, 6.07) is 12.6. The summed E-state index contributed by atoms with van der Waals surface area (Å²) in [6.45, 7) is 4.04. The van der Waals surface area contributed by atoms with Crippen LogP contribution in [0.1, 0.15) is 29.7 Å². The lowest BCUT2D eigenvalue weighted by Gasteiger charge is -2.20. The van der Waals surface area contributed by atoms with Gasteiger partial charge in [0, 0.05) is 19.2 Å². The minimum atomic E-state index is -0.232. The molecular weight excluding hydrogens is 393 g/mol. The Kier molecular flexibility index (Phi) is 5.86. The number of nitrogens with zero attached hydrogens (tertiary/aromatic N) is 4. The zero-order chi connectivity index (χ0) is 22.0. The quantitative estimate of drug-likeness (QED) is 0.647. The summed E-state index contributed by atoms with van der Waals surface area (Å²) >= 11 is 0. The summed E-state index contributed by atoms with van der Waals surface area (Å²) in [5, 5.41) is 1.90. The number of aryl methyl sites for hydroxylation is 1. The first kappa shape index (κ1) is 20.8. The number of likely N-dealkylation sites (N-methyl/N-ethyl adjacent to an activating group) is 1. The van der Waals surface area contributed by atoms with E-state index in [-0.39, 0.29) is 17.9 Å². The van der Waals surface area contributed by atoms with E-state index in [1.54, 1.807) is 25.6 Å². The van der Waals surface area contributed by atoms with Gasteiger partial charge in [-0.05, 0) is 48.4 Å². The lowest BCUT2D eigenvalue weighted by atomic mass is 9.99. The number of hydrazine groups is 1. The first-order chi connectivity index (χ1) is 14.9. The van der Waals surface area contributed by atoms with Crippen molar-refractivity contribution in [2.75, 3.05) is 14.2 Å². The van der Waals surface area contributed by atoms with Crippen LogP contribution in [0.25, 0.3) is 11.8 Å². The highest BCUT2D eigenvalue weighted by Gasteiger charge is 2.26. The molecule has 6 nitrogen and oxygen atoms in total. The largest absolute Gasteiger partial charge is 0.495 e. The normalized spacial score (nSPS) is 17.3. The molecule has 4 rings (SSSR count). The summed E-state index contributed by atoms with van der Waals surface area (Å²) < 4.78 is 20.7. The highest BCUT2D eigenvalue weighted by molar-refractivity contribution is 5.97. The van der Waals surface area contributed by atoms with E-state index in [0.29, 0.717) is 0 Å². The Hall–Kier alpha value is -3.45. The second-order valence-electron chi connectivity index (χ2n) is 7.65. The molecule has 2 unspecified atom stereocenters. The molecule has 0 aliphatic carbocycles. The van der Waals surface area contributed by atoms with Crippen molar-refractivity contribution < 1.29 is 9.13 Å². The van der Waals surface area contributed by atoms with Gasteiger partial charge in [-0.1, -0.05) is 31.2 Å². The van der Waals surface area contributed by atoms with Gasteiger partial charge in [-0.25, -0.2) is 19.8 Å². The number of imidazole rings is 1. The Morgan fingerprint density at radius 3 is 2.61 bits per heavy atom. The van der Waals surface area contributed by atoms with Gasteiger partial charge in [0.05, 0.1) is 24.8 Å². The van der Waals surface area contributed by atoms with Gasteiger partial charge in [-0.3, -0.25) is 5.01 Å². The van der Waals surface area contributed by atoms with Gasteiger partial charge in [0.15, 0.2) is 0 Å². The van der Waals surface area contributed by atoms with E-state index in [1.807, 2.05) is 60.1 Å². The fourth-order valence-electron chi connectivity index (χ4n) is 3.58. The molecule has 0 amide bonds. The molecule has 0 fully saturated rings. The molecule has 3 aromatic rings. The molecular formula is C24H26FN5O. The molecule has 1 aromatic heterocycles. The fraction of sp³-hybridized carbons (Fsp3) is 0.250. The zero-order valence-electron chi connectivity index (χ0n) is 18.1. The SMILES string of the molecule is COc1cc(/C=C/C2=NC(C(C)c3ccc(F)cc3)NN2C)ccc1-n1cnc(C)c1. The number of amidine groups is 1. The van der Waals surface area contributed by atoms with Crippen molar-refractivity contribution in [2.45, 2.75) is 25.9 Å². The van der Waals surface area contributed by atoms with Gasteiger partial charge in [-0.2, -0.15) is 0 Å². The smallest absolute Gasteiger partial charge is 0.143 e. The van der Waals surface area contributed by atoms with Gasteiger partial charge in [-0.15, -0.1) is 0 Å². The van der Waals surface area contributed by atoms with Gasteiger partial charge in [0.1, 0.15) is 23.6 Å². The van der Waals surface area contributed by atoms with E-state index in [1.165, 1.54) is 12.1 Å². The molecule has 0 spiro atoms. The van der Waals surface area contributed by atoms with E-state index >= 15 is 0 Å². The van der Waals surface area contributed by atoms with Gasteiger partial charge in [0.2, 0.25) is 0 Å². The van der Waals surface area contributed by atoms with Crippen LogP contribution in [0.2, 0.25) is 0 Å². The van der Waals surface area contributed by atoms with Crippen LogP contribution in [0.4, 0.5) is 4.39 Å². The summed E-state index contributed by atoms with van der Waals surface area (Å²) in [7, 11) is 3.60. The average Bonchev–Trinajstić information content (AvgIpc) is 3.37. The molecule has 0 bridgehead atoms. The molecule has 0 saturated heterocycles. The van der Waals surface area contributed by atoms with Crippen molar-refractivity contribution in [3.8, 4) is 11.4 Å². The maximum Gasteiger partial charge on any atom is 0.143 e. The predicted molar refractivity (Wildman–Crippen MR) is 121 cm³/mol. The molecule has 0 radical (unpaired) electrons. The van der Waals surface area contributed by atoms with E-state index < -0.39 is 0 Å². The molecule has 1 N–H and O–H groups in total. The van der Waals surface area contributed by atoms with Crippen LogP contribution in [0.3, 0.4) is 0 Å². The van der Waals surface area contributed by atoms with Crippen LogP contribution in [0, 0.1) is 12.7 Å². The number of hydrogen-bond donors (Lipinski definition) is 1. The van der Waals surface area contributed by atoms with Gasteiger partial charge >= 0.3 is 0 Å². The molecule has 1 aliphatic rings. The van der Waals surface area contributed by atoms with Gasteiger partial charge < -0.3 is 9.30 Å². The molecule has 2 heterocycles. The average molecular weight is 420 g/mol. The molecule has 2 aromatic carbocycles. The number of methoxy groups -OCH3 is 1. The number of rotatable bonds is 6. The number of benzene rings is 2. The summed E-state index contributed by atoms with van der Waals surface area (Å²) in [5.74, 6) is 1.46. The summed E-state index contributed by atoms with van der Waals surface area (Å²) in [5.41, 5.74) is 7.28. The van der Waals surface area contributed by atoms with E-state index in [2.05, 4.69) is 17.3 Å². The van der Waals surface area contributed by atoms with Crippen molar-refractivity contribution in [1.82, 2.24) is 20.0 Å². The van der Waals surface area contributed by atoms with Crippen molar-refractivity contribution in [3.05, 3.63) is 83.7 Å². The van der Waals surface area contributed by atoms with Crippen LogP contribution < -0.4 is 10.2 Å². The Labute approximate surface area is 181 Å². The topological polar surface area (TPSA) is 54.7 Å². The van der Waals surface area contributed by atoms with Crippen molar-refractivity contribution >= 4 is 11.9 Å². The highest BCUT2D eigenvalue weighted by Crippen LogP contribution is 2.26. The van der Waals surface area contributed by atoms with Crippen LogP contribution in [0.15, 0.2) is 66.1 Å². The third-order valence-corrected chi connectivity index (χ3v) is 5.43. The van der Waals surface area contributed by atoms with Crippen LogP contribution in [-0.2, 0) is 0 Å². The fourth-order valence-corrected chi connectivity index (χ4v) is 3.58. The van der Waals surface area contributed by atoms with Crippen molar-refractivity contribution in [2.24, 2.45) is 4.99 Å². The molecule has 2 atom stereocenters. The molecule has 0 saturated carbocycles. The van der Waals surface area contributed by atoms with Crippen LogP contribution >= 0.6 is 0 Å². The number of ether oxygens (including phenoxy) is 1. The monoisotopic (exact) mass is 419 g/mol. The maximum atomic E-state index is 13.2. The predicted octanol–water partition coefficient (Wildman–Crippen LogP) is 4.32. The Bertz CT molecular complexity index is 1120. The standard InChI is InChI=1S/C24H26FN5O/c1-16-14-30(15-26-16)21-11-5-18(13-22(21)31-4)6-12-23-27-24(28-29(23)3)17(2)19-7-9-20(25)10-8-19/h5-15,17,24,28H,1-4H3/b12-6+. The van der Waals surface area contributed by atoms with Gasteiger partial charge in [0.25, 0.3) is 0 Å². The third-order valence-electron chi connectivity index (χ3n) is 5.43. The minimum absolute atomic E-state index is 0.104. The number of nitrogens with one attached hydrogen (secondary N) is 1. The second-order valence-corrected chi connectivity index (χ2v) is 7.65. The lowest BCUT2D eigenvalue weighted by Crippen LogP contribution is -2.38. The Balaban J connectivity index is 1.52. The highest BCUT2D eigenvalue weighted by atomic mass is 19.1. The van der Waals surface area contributed by atoms with Crippen molar-refractivity contribution in [1.29, 1.82) is 0 Å². The summed E-state index contributed by atoms with van der Waals surface area (Å²) in [6.07, 6.45) is 7.60. The van der Waals surface area contributed by atoms with E-state index in [0.717, 1.165) is 34.1 Å². The first-order valence-corrected chi connectivity index (χ1v) is 10.1. The number of aliphatic imine (C=N–C) groups is 1.